The van der Waals surface area contributed by atoms with Crippen molar-refractivity contribution in [2.45, 2.75) is 12.4 Å². The van der Waals surface area contributed by atoms with E-state index in [1.54, 1.807) is 0 Å². The number of rotatable bonds is 2. The number of hydrogen-bond acceptors (Lipinski definition) is 3. The first-order chi connectivity index (χ1) is 12.4. The fourth-order valence-corrected chi connectivity index (χ4v) is 2.48. The van der Waals surface area contributed by atoms with Crippen LogP contribution in [0.3, 0.4) is 0 Å². The van der Waals surface area contributed by atoms with Crippen molar-refractivity contribution in [1.82, 2.24) is 9.55 Å². The van der Waals surface area contributed by atoms with Crippen molar-refractivity contribution in [3.8, 4) is 0 Å². The zero-order valence-corrected chi connectivity index (χ0v) is 13.6. The van der Waals surface area contributed by atoms with Crippen LogP contribution in [0.2, 0.25) is 0 Å². The van der Waals surface area contributed by atoms with Gasteiger partial charge in [-0.15, -0.1) is 0 Å². The molecule has 3 rings (SSSR count). The molecular weight excluding hydrogens is 376 g/mol. The zero-order valence-electron chi connectivity index (χ0n) is 13.6. The molecule has 0 unspecified atom stereocenters. The molecule has 0 aliphatic heterocycles. The number of pyridine rings is 2. The fraction of sp³-hybridized carbons (Fsp3) is 0.176. The number of alkyl halides is 6. The van der Waals surface area contributed by atoms with Crippen molar-refractivity contribution >= 4 is 22.3 Å². The molecule has 3 aromatic rings. The second-order valence-corrected chi connectivity index (χ2v) is 5.77. The Hall–Kier alpha value is -3.04. The number of halogens is 6. The van der Waals surface area contributed by atoms with E-state index in [2.05, 4.69) is 10.3 Å². The summed E-state index contributed by atoms with van der Waals surface area (Å²) in [6, 6.07) is 5.65. The fourth-order valence-electron chi connectivity index (χ4n) is 2.48. The van der Waals surface area contributed by atoms with E-state index >= 15 is 0 Å². The summed E-state index contributed by atoms with van der Waals surface area (Å²) in [6.07, 6.45) is -8.20. The molecule has 0 aliphatic rings. The molecule has 4 nitrogen and oxygen atoms in total. The molecule has 0 aliphatic carbocycles. The predicted molar refractivity (Wildman–Crippen MR) is 86.7 cm³/mol. The summed E-state index contributed by atoms with van der Waals surface area (Å²) in [5, 5.41) is 2.78. The molecule has 1 N–H and O–H groups in total. The highest BCUT2D eigenvalue weighted by molar-refractivity contribution is 5.93. The van der Waals surface area contributed by atoms with Gasteiger partial charge in [-0.3, -0.25) is 4.79 Å². The lowest BCUT2D eigenvalue weighted by atomic mass is 10.1. The van der Waals surface area contributed by atoms with Crippen molar-refractivity contribution < 1.29 is 26.3 Å². The first kappa shape index (κ1) is 18.7. The van der Waals surface area contributed by atoms with E-state index in [-0.39, 0.29) is 22.3 Å². The summed E-state index contributed by atoms with van der Waals surface area (Å²) < 4.78 is 79.2. The van der Waals surface area contributed by atoms with E-state index in [9.17, 15) is 31.1 Å². The molecule has 27 heavy (non-hydrogen) atoms. The van der Waals surface area contributed by atoms with Gasteiger partial charge < -0.3 is 9.88 Å². The van der Waals surface area contributed by atoms with Gasteiger partial charge in [-0.1, -0.05) is 6.07 Å². The van der Waals surface area contributed by atoms with E-state index in [0.29, 0.717) is 12.1 Å². The van der Waals surface area contributed by atoms with E-state index in [0.717, 1.165) is 12.1 Å². The first-order valence-corrected chi connectivity index (χ1v) is 7.48. The Morgan fingerprint density at radius 3 is 2.26 bits per heavy atom. The van der Waals surface area contributed by atoms with Crippen LogP contribution in [0.1, 0.15) is 11.3 Å². The Kier molecular flexibility index (Phi) is 4.37. The molecule has 1 aromatic carbocycles. The third-order valence-corrected chi connectivity index (χ3v) is 3.79. The molecule has 0 amide bonds. The number of nitrogens with one attached hydrogen (secondary N) is 1. The SMILES string of the molecule is Cn1cc(Nc2cc(C(F)(F)F)nc3cc(C(F)(F)F)ccc23)ccc1=O. The maximum absolute atomic E-state index is 13.1. The van der Waals surface area contributed by atoms with Crippen molar-refractivity contribution in [3.05, 3.63) is 64.2 Å². The third kappa shape index (κ3) is 3.88. The molecule has 2 heterocycles. The van der Waals surface area contributed by atoms with Gasteiger partial charge in [0.1, 0.15) is 5.69 Å². The summed E-state index contributed by atoms with van der Waals surface area (Å²) in [6.45, 7) is 0. The number of nitrogens with zero attached hydrogens (tertiary/aromatic N) is 2. The lowest BCUT2D eigenvalue weighted by Gasteiger charge is -2.15. The van der Waals surface area contributed by atoms with Crippen molar-refractivity contribution in [1.29, 1.82) is 0 Å². The standard InChI is InChI=1S/C17H11F6N3O/c1-26-8-10(3-5-15(26)27)24-13-7-14(17(21,22)23)25-12-6-9(16(18,19)20)2-4-11(12)13/h2-8H,1H3,(H,24,25). The largest absolute Gasteiger partial charge is 0.433 e. The average molecular weight is 387 g/mol. The molecule has 0 bridgehead atoms. The highest BCUT2D eigenvalue weighted by atomic mass is 19.4. The molecular formula is C17H11F6N3O. The molecule has 0 fully saturated rings. The van der Waals surface area contributed by atoms with E-state index in [1.807, 2.05) is 0 Å². The van der Waals surface area contributed by atoms with Crippen LogP contribution in [-0.4, -0.2) is 9.55 Å². The van der Waals surface area contributed by atoms with Gasteiger partial charge in [0, 0.05) is 24.7 Å². The average Bonchev–Trinajstić information content (AvgIpc) is 2.56. The summed E-state index contributed by atoms with van der Waals surface area (Å²) in [5.74, 6) is 0. The van der Waals surface area contributed by atoms with Crippen LogP contribution in [0, 0.1) is 0 Å². The quantitative estimate of drug-likeness (QED) is 0.648. The number of aromatic nitrogens is 2. The maximum Gasteiger partial charge on any atom is 0.433 e. The molecule has 0 spiro atoms. The highest BCUT2D eigenvalue weighted by Gasteiger charge is 2.35. The topological polar surface area (TPSA) is 46.9 Å². The lowest BCUT2D eigenvalue weighted by Crippen LogP contribution is -2.15. The Labute approximate surface area is 148 Å². The van der Waals surface area contributed by atoms with Gasteiger partial charge in [0.15, 0.2) is 0 Å². The second kappa shape index (κ2) is 6.29. The Bertz CT molecular complexity index is 1060. The van der Waals surface area contributed by atoms with Crippen LogP contribution in [0.25, 0.3) is 10.9 Å². The van der Waals surface area contributed by atoms with Crippen LogP contribution < -0.4 is 10.9 Å². The van der Waals surface area contributed by atoms with Crippen LogP contribution in [0.15, 0.2) is 47.4 Å². The second-order valence-electron chi connectivity index (χ2n) is 5.77. The predicted octanol–water partition coefficient (Wildman–Crippen LogP) is 4.71. The molecule has 0 saturated heterocycles. The minimum atomic E-state index is -4.84. The molecule has 142 valence electrons. The van der Waals surface area contributed by atoms with E-state index in [4.69, 9.17) is 0 Å². The van der Waals surface area contributed by atoms with Crippen LogP contribution in [0.5, 0.6) is 0 Å². The monoisotopic (exact) mass is 387 g/mol. The maximum atomic E-state index is 13.1. The highest BCUT2D eigenvalue weighted by Crippen LogP contribution is 2.37. The Morgan fingerprint density at radius 1 is 0.963 bits per heavy atom. The van der Waals surface area contributed by atoms with Gasteiger partial charge in [-0.05, 0) is 24.3 Å². The number of anilines is 2. The van der Waals surface area contributed by atoms with Gasteiger partial charge in [-0.25, -0.2) is 4.98 Å². The minimum absolute atomic E-state index is 0.0739. The van der Waals surface area contributed by atoms with E-state index in [1.165, 1.54) is 29.9 Å². The van der Waals surface area contributed by atoms with Gasteiger partial charge in [0.05, 0.1) is 22.5 Å². The first-order valence-electron chi connectivity index (χ1n) is 7.48. The third-order valence-electron chi connectivity index (χ3n) is 3.79. The molecule has 10 heteroatoms. The number of fused-ring (bicyclic) bond motifs is 1. The van der Waals surface area contributed by atoms with E-state index < -0.39 is 29.1 Å². The van der Waals surface area contributed by atoms with Crippen molar-refractivity contribution in [2.75, 3.05) is 5.32 Å². The number of benzene rings is 1. The van der Waals surface area contributed by atoms with Gasteiger partial charge >= 0.3 is 12.4 Å². The van der Waals surface area contributed by atoms with Crippen molar-refractivity contribution in [2.24, 2.45) is 7.05 Å². The Balaban J connectivity index is 2.19. The van der Waals surface area contributed by atoms with Crippen molar-refractivity contribution in [3.63, 3.8) is 0 Å². The summed E-state index contributed by atoms with van der Waals surface area (Å²) >= 11 is 0. The summed E-state index contributed by atoms with van der Waals surface area (Å²) in [7, 11) is 1.45. The minimum Gasteiger partial charge on any atom is -0.354 e. The van der Waals surface area contributed by atoms with Gasteiger partial charge in [0.25, 0.3) is 0 Å². The number of hydrogen-bond donors (Lipinski definition) is 1. The lowest BCUT2D eigenvalue weighted by molar-refractivity contribution is -0.140. The van der Waals surface area contributed by atoms with Gasteiger partial charge in [0.2, 0.25) is 5.56 Å². The zero-order chi connectivity index (χ0) is 20.0. The van der Waals surface area contributed by atoms with Gasteiger partial charge in [-0.2, -0.15) is 26.3 Å². The summed E-state index contributed by atoms with van der Waals surface area (Å²) in [4.78, 5) is 14.8. The molecule has 0 saturated carbocycles. The normalized spacial score (nSPS) is 12.4. The van der Waals surface area contributed by atoms with Crippen LogP contribution in [-0.2, 0) is 19.4 Å². The smallest absolute Gasteiger partial charge is 0.354 e. The summed E-state index contributed by atoms with van der Waals surface area (Å²) in [5.41, 5.74) is -3.01. The van der Waals surface area contributed by atoms with Crippen LogP contribution in [0.4, 0.5) is 37.7 Å². The molecule has 0 radical (unpaired) electrons. The molecule has 2 aromatic heterocycles. The Morgan fingerprint density at radius 2 is 1.67 bits per heavy atom. The molecule has 0 atom stereocenters. The number of aryl methyl sites for hydroxylation is 1. The van der Waals surface area contributed by atoms with Crippen LogP contribution >= 0.6 is 0 Å².